The van der Waals surface area contributed by atoms with Crippen molar-refractivity contribution < 1.29 is 33.6 Å². The number of benzene rings is 2. The van der Waals surface area contributed by atoms with E-state index in [0.29, 0.717) is 0 Å². The van der Waals surface area contributed by atoms with Crippen LogP contribution >= 0.6 is 0 Å². The summed E-state index contributed by atoms with van der Waals surface area (Å²) in [5.41, 5.74) is 5.40. The number of halogens is 2. The molecule has 0 saturated carbocycles. The Morgan fingerprint density at radius 3 is 1.54 bits per heavy atom. The summed E-state index contributed by atoms with van der Waals surface area (Å²) in [6.07, 6.45) is 17.5. The van der Waals surface area contributed by atoms with Crippen molar-refractivity contribution in [2.24, 2.45) is 0 Å². The van der Waals surface area contributed by atoms with Gasteiger partial charge >= 0.3 is 221 Å². The van der Waals surface area contributed by atoms with E-state index in [0.717, 1.165) is 51.4 Å². The number of hydrogen-bond acceptors (Lipinski definition) is 2. The summed E-state index contributed by atoms with van der Waals surface area (Å²) in [4.78, 5) is 0. The molecule has 4 aliphatic carbocycles. The summed E-state index contributed by atoms with van der Waals surface area (Å²) in [6, 6.07) is 13.2. The fraction of sp³-hybridized carbons (Fsp3) is 0.344. The molecule has 5 heteroatoms. The molecule has 37 heavy (non-hydrogen) atoms. The first kappa shape index (κ1) is 24.9. The van der Waals surface area contributed by atoms with E-state index >= 15 is 8.78 Å². The van der Waals surface area contributed by atoms with Crippen molar-refractivity contribution in [2.75, 3.05) is 0 Å². The van der Waals surface area contributed by atoms with Crippen molar-refractivity contribution in [3.05, 3.63) is 107 Å². The van der Waals surface area contributed by atoms with Gasteiger partial charge in [-0.25, -0.2) is 0 Å². The Morgan fingerprint density at radius 2 is 1.11 bits per heavy atom. The van der Waals surface area contributed by atoms with Crippen LogP contribution in [0, 0.1) is 11.6 Å². The molecule has 2 atom stereocenters. The molecule has 4 aliphatic rings. The first-order valence-corrected chi connectivity index (χ1v) is 20.0. The molecule has 2 unspecified atom stereocenters. The monoisotopic (exact) mass is 578 g/mol. The average Bonchev–Trinajstić information content (AvgIpc) is 3.57. The second kappa shape index (κ2) is 9.73. The van der Waals surface area contributed by atoms with Gasteiger partial charge in [0.25, 0.3) is 0 Å². The molecule has 192 valence electrons. The molecule has 0 amide bonds. The zero-order chi connectivity index (χ0) is 25.5. The maximum atomic E-state index is 15.4. The first-order chi connectivity index (χ1) is 18.0. The molecule has 6 rings (SSSR count). The third kappa shape index (κ3) is 4.00. The van der Waals surface area contributed by atoms with E-state index in [2.05, 4.69) is 28.0 Å². The van der Waals surface area contributed by atoms with Gasteiger partial charge in [-0.3, -0.25) is 0 Å². The Hall–Kier alpha value is -2.39. The van der Waals surface area contributed by atoms with E-state index in [1.807, 2.05) is 6.92 Å². The molecule has 2 aromatic carbocycles. The van der Waals surface area contributed by atoms with Gasteiger partial charge in [0.1, 0.15) is 0 Å². The third-order valence-corrected chi connectivity index (χ3v) is 23.7. The van der Waals surface area contributed by atoms with Crippen molar-refractivity contribution in [3.63, 3.8) is 0 Å². The summed E-state index contributed by atoms with van der Waals surface area (Å²) in [6.45, 7) is 2.01. The van der Waals surface area contributed by atoms with Gasteiger partial charge in [-0.15, -0.1) is 0 Å². The van der Waals surface area contributed by atoms with Gasteiger partial charge in [0.2, 0.25) is 0 Å². The van der Waals surface area contributed by atoms with Crippen LogP contribution in [0.1, 0.15) is 58.3 Å². The molecular weight excluding hydrogens is 546 g/mol. The standard InChI is InChI=1S/2C9H11.2C6H5FO.C2H4.Zr/c2*1-2-5-9-7-3-6-8(9)4-1;2*7-5-3-1-2-4-6(5)8;1-2;/h2*3,6-7H,1-2,4-5H2;2*1-4,8H;1H,2H3;/q;;;;;+2/p-2. The van der Waals surface area contributed by atoms with Gasteiger partial charge in [-0.2, -0.15) is 0 Å². The van der Waals surface area contributed by atoms with Gasteiger partial charge in [-0.05, 0) is 0 Å². The van der Waals surface area contributed by atoms with E-state index in [9.17, 15) is 0 Å². The van der Waals surface area contributed by atoms with Gasteiger partial charge < -0.3 is 0 Å². The van der Waals surface area contributed by atoms with Crippen molar-refractivity contribution >= 4 is 3.71 Å². The minimum atomic E-state index is -5.46. The zero-order valence-corrected chi connectivity index (χ0v) is 23.8. The first-order valence-electron chi connectivity index (χ1n) is 13.7. The van der Waals surface area contributed by atoms with Gasteiger partial charge in [0.05, 0.1) is 0 Å². The summed E-state index contributed by atoms with van der Waals surface area (Å²) in [5, 5.41) is 0. The molecule has 0 bridgehead atoms. The molecule has 0 aliphatic heterocycles. The van der Waals surface area contributed by atoms with Crippen molar-refractivity contribution in [2.45, 2.75) is 65.5 Å². The van der Waals surface area contributed by atoms with Crippen LogP contribution in [0.4, 0.5) is 8.78 Å². The molecule has 0 radical (unpaired) electrons. The van der Waals surface area contributed by atoms with Crippen LogP contribution in [0.25, 0.3) is 0 Å². The fourth-order valence-electron chi connectivity index (χ4n) is 7.19. The molecule has 0 spiro atoms. The average molecular weight is 580 g/mol. The number of allylic oxidation sites excluding steroid dienone is 8. The van der Waals surface area contributed by atoms with Gasteiger partial charge in [-0.1, -0.05) is 0 Å². The van der Waals surface area contributed by atoms with Crippen molar-refractivity contribution in [3.8, 4) is 11.5 Å². The topological polar surface area (TPSA) is 18.5 Å². The summed E-state index contributed by atoms with van der Waals surface area (Å²) < 4.78 is 47.1. The van der Waals surface area contributed by atoms with Gasteiger partial charge in [0.15, 0.2) is 0 Å². The Balaban J connectivity index is 1.67. The second-order valence-corrected chi connectivity index (χ2v) is 22.7. The number of para-hydroxylation sites is 2. The quantitative estimate of drug-likeness (QED) is 0.340. The molecule has 0 N–H and O–H groups in total. The Kier molecular flexibility index (Phi) is 6.55. The summed E-state index contributed by atoms with van der Waals surface area (Å²) in [7, 11) is 0. The Morgan fingerprint density at radius 1 is 0.676 bits per heavy atom. The van der Waals surface area contributed by atoms with E-state index in [4.69, 9.17) is 5.63 Å². The fourth-order valence-corrected chi connectivity index (χ4v) is 22.3. The van der Waals surface area contributed by atoms with Crippen LogP contribution in [0.2, 0.25) is 7.25 Å². The van der Waals surface area contributed by atoms with Crippen LogP contribution in [0.3, 0.4) is 0 Å². The predicted molar refractivity (Wildman–Crippen MR) is 143 cm³/mol. The SMILES string of the molecule is C[CH]=[Zr]([O]c1ccccc1F)([O]c1ccccc1F)([CH]1C=CC2=C1CCCC2)[CH]1C=CC2=C1CCCC2. The van der Waals surface area contributed by atoms with E-state index in [1.54, 1.807) is 36.4 Å². The van der Waals surface area contributed by atoms with E-state index < -0.39 is 30.8 Å². The molecule has 2 aromatic rings. The number of rotatable bonds is 6. The number of hydrogen-bond donors (Lipinski definition) is 0. The molecule has 0 heterocycles. The van der Waals surface area contributed by atoms with Crippen molar-refractivity contribution in [1.29, 1.82) is 0 Å². The van der Waals surface area contributed by atoms with Crippen LogP contribution in [-0.4, -0.2) is 3.71 Å². The van der Waals surface area contributed by atoms with Crippen LogP contribution < -0.4 is 5.63 Å². The molecule has 2 nitrogen and oxygen atoms in total. The zero-order valence-electron chi connectivity index (χ0n) is 21.4. The van der Waals surface area contributed by atoms with Gasteiger partial charge in [0, 0.05) is 0 Å². The van der Waals surface area contributed by atoms with Crippen molar-refractivity contribution in [1.82, 2.24) is 0 Å². The van der Waals surface area contributed by atoms with E-state index in [-0.39, 0.29) is 18.8 Å². The molecule has 0 saturated heterocycles. The predicted octanol–water partition coefficient (Wildman–Crippen LogP) is 9.22. The Bertz CT molecular complexity index is 1320. The molecular formula is C32H34F2O2Zr. The summed E-state index contributed by atoms with van der Waals surface area (Å²) >= 11 is -5.46. The summed E-state index contributed by atoms with van der Waals surface area (Å²) in [5.74, 6) is -0.443. The minimum absolute atomic E-state index is 0.135. The van der Waals surface area contributed by atoms with Crippen LogP contribution in [0.15, 0.2) is 95.1 Å². The van der Waals surface area contributed by atoms with Crippen LogP contribution in [-0.2, 0) is 19.2 Å². The Labute approximate surface area is 220 Å². The molecule has 0 aromatic heterocycles. The maximum absolute atomic E-state index is 15.4. The third-order valence-electron chi connectivity index (χ3n) is 8.97. The normalized spacial score (nSPS) is 23.2. The van der Waals surface area contributed by atoms with Crippen LogP contribution in [0.5, 0.6) is 11.5 Å². The molecule has 0 fully saturated rings. The van der Waals surface area contributed by atoms with E-state index in [1.165, 1.54) is 34.4 Å². The second-order valence-electron chi connectivity index (χ2n) is 10.8.